The number of hydrogen-bond acceptors (Lipinski definition) is 3. The first-order chi connectivity index (χ1) is 6.36. The Morgan fingerprint density at radius 1 is 1.38 bits per heavy atom. The fourth-order valence-electron chi connectivity index (χ4n) is 1.69. The summed E-state index contributed by atoms with van der Waals surface area (Å²) in [5.74, 6) is 0. The van der Waals surface area contributed by atoms with Crippen LogP contribution in [0.25, 0.3) is 0 Å². The predicted molar refractivity (Wildman–Crippen MR) is 56.8 cm³/mol. The third kappa shape index (κ3) is 2.15. The van der Waals surface area contributed by atoms with Crippen molar-refractivity contribution >= 4 is 17.4 Å². The van der Waals surface area contributed by atoms with Crippen LogP contribution in [-0.4, -0.2) is 10.2 Å². The van der Waals surface area contributed by atoms with Crippen molar-refractivity contribution in [2.24, 2.45) is 0 Å². The standard InChI is InChI=1S/C10H14N2S/c11-9-7-12-6-5-10(9)13-8-3-1-2-4-8/h5-8H,1-4,11H2. The molecule has 1 fully saturated rings. The molecule has 1 heterocycles. The van der Waals surface area contributed by atoms with Crippen molar-refractivity contribution in [3.63, 3.8) is 0 Å². The van der Waals surface area contributed by atoms with Gasteiger partial charge in [0.2, 0.25) is 0 Å². The number of nitrogens with two attached hydrogens (primary N) is 1. The molecule has 0 spiro atoms. The number of nitrogen functional groups attached to an aromatic ring is 1. The molecule has 70 valence electrons. The second kappa shape index (κ2) is 4.01. The number of anilines is 1. The van der Waals surface area contributed by atoms with Gasteiger partial charge in [-0.1, -0.05) is 12.8 Å². The van der Waals surface area contributed by atoms with Crippen molar-refractivity contribution in [3.8, 4) is 0 Å². The normalized spacial score (nSPS) is 17.8. The summed E-state index contributed by atoms with van der Waals surface area (Å²) in [5, 5.41) is 0.782. The van der Waals surface area contributed by atoms with Crippen LogP contribution in [0.4, 0.5) is 5.69 Å². The van der Waals surface area contributed by atoms with Crippen LogP contribution in [0.3, 0.4) is 0 Å². The van der Waals surface area contributed by atoms with Gasteiger partial charge in [0.1, 0.15) is 0 Å². The van der Waals surface area contributed by atoms with Crippen LogP contribution in [0.1, 0.15) is 25.7 Å². The minimum absolute atomic E-state index is 0.782. The quantitative estimate of drug-likeness (QED) is 0.786. The zero-order valence-electron chi connectivity index (χ0n) is 7.57. The summed E-state index contributed by atoms with van der Waals surface area (Å²) in [6, 6.07) is 2.01. The summed E-state index contributed by atoms with van der Waals surface area (Å²) < 4.78 is 0. The molecular formula is C10H14N2S. The van der Waals surface area contributed by atoms with Crippen molar-refractivity contribution in [3.05, 3.63) is 18.5 Å². The zero-order valence-corrected chi connectivity index (χ0v) is 8.39. The van der Waals surface area contributed by atoms with E-state index in [0.717, 1.165) is 10.9 Å². The van der Waals surface area contributed by atoms with Crippen molar-refractivity contribution in [1.29, 1.82) is 0 Å². The summed E-state index contributed by atoms with van der Waals surface area (Å²) in [6.07, 6.45) is 8.98. The van der Waals surface area contributed by atoms with E-state index in [1.165, 1.54) is 30.6 Å². The number of thioether (sulfide) groups is 1. The molecule has 1 aliphatic carbocycles. The lowest BCUT2D eigenvalue weighted by atomic mass is 10.4. The number of pyridine rings is 1. The second-order valence-electron chi connectivity index (χ2n) is 3.44. The second-order valence-corrected chi connectivity index (χ2v) is 4.78. The third-order valence-corrected chi connectivity index (χ3v) is 3.84. The van der Waals surface area contributed by atoms with E-state index < -0.39 is 0 Å². The van der Waals surface area contributed by atoms with Crippen LogP contribution in [0.15, 0.2) is 23.4 Å². The Hall–Kier alpha value is -0.700. The number of hydrogen-bond donors (Lipinski definition) is 1. The van der Waals surface area contributed by atoms with E-state index in [1.54, 1.807) is 6.20 Å². The molecule has 0 saturated heterocycles. The maximum atomic E-state index is 5.82. The molecule has 0 atom stereocenters. The molecule has 0 amide bonds. The molecule has 13 heavy (non-hydrogen) atoms. The highest BCUT2D eigenvalue weighted by molar-refractivity contribution is 8.00. The van der Waals surface area contributed by atoms with Crippen LogP contribution in [0.5, 0.6) is 0 Å². The molecule has 1 aliphatic rings. The Morgan fingerprint density at radius 3 is 2.85 bits per heavy atom. The van der Waals surface area contributed by atoms with Crippen molar-refractivity contribution < 1.29 is 0 Å². The predicted octanol–water partition coefficient (Wildman–Crippen LogP) is 2.70. The van der Waals surface area contributed by atoms with E-state index in [0.29, 0.717) is 0 Å². The molecule has 1 aromatic heterocycles. The van der Waals surface area contributed by atoms with Crippen molar-refractivity contribution in [2.75, 3.05) is 5.73 Å². The lowest BCUT2D eigenvalue weighted by molar-refractivity contribution is 0.886. The Morgan fingerprint density at radius 2 is 2.15 bits per heavy atom. The summed E-state index contributed by atoms with van der Waals surface area (Å²) in [5.41, 5.74) is 6.63. The van der Waals surface area contributed by atoms with Gasteiger partial charge in [-0.3, -0.25) is 4.98 Å². The zero-order chi connectivity index (χ0) is 9.10. The first-order valence-corrected chi connectivity index (χ1v) is 5.60. The van der Waals surface area contributed by atoms with Gasteiger partial charge >= 0.3 is 0 Å². The van der Waals surface area contributed by atoms with Crippen LogP contribution in [0.2, 0.25) is 0 Å². The van der Waals surface area contributed by atoms with Gasteiger partial charge < -0.3 is 5.73 Å². The van der Waals surface area contributed by atoms with E-state index in [4.69, 9.17) is 5.73 Å². The summed E-state index contributed by atoms with van der Waals surface area (Å²) >= 11 is 1.91. The molecule has 0 bridgehead atoms. The highest BCUT2D eigenvalue weighted by Crippen LogP contribution is 2.36. The topological polar surface area (TPSA) is 38.9 Å². The molecule has 0 aromatic carbocycles. The molecule has 2 rings (SSSR count). The molecule has 1 aromatic rings. The summed E-state index contributed by atoms with van der Waals surface area (Å²) in [4.78, 5) is 5.18. The van der Waals surface area contributed by atoms with E-state index >= 15 is 0 Å². The highest BCUT2D eigenvalue weighted by atomic mass is 32.2. The number of rotatable bonds is 2. The summed E-state index contributed by atoms with van der Waals surface area (Å²) in [7, 11) is 0. The monoisotopic (exact) mass is 194 g/mol. The van der Waals surface area contributed by atoms with Gasteiger partial charge in [0.15, 0.2) is 0 Å². The lowest BCUT2D eigenvalue weighted by Crippen LogP contribution is -1.96. The first kappa shape index (κ1) is 8.88. The smallest absolute Gasteiger partial charge is 0.0638 e. The fourth-order valence-corrected chi connectivity index (χ4v) is 2.94. The van der Waals surface area contributed by atoms with E-state index in [-0.39, 0.29) is 0 Å². The third-order valence-electron chi connectivity index (χ3n) is 2.41. The van der Waals surface area contributed by atoms with Crippen LogP contribution in [-0.2, 0) is 0 Å². The molecule has 0 radical (unpaired) electrons. The average Bonchev–Trinajstić information content (AvgIpc) is 2.61. The fraction of sp³-hybridized carbons (Fsp3) is 0.500. The lowest BCUT2D eigenvalue weighted by Gasteiger charge is -2.09. The maximum Gasteiger partial charge on any atom is 0.0638 e. The first-order valence-electron chi connectivity index (χ1n) is 4.72. The maximum absolute atomic E-state index is 5.82. The Balaban J connectivity index is 2.04. The number of nitrogens with zero attached hydrogens (tertiary/aromatic N) is 1. The Labute approximate surface area is 82.9 Å². The van der Waals surface area contributed by atoms with Gasteiger partial charge in [0.05, 0.1) is 11.9 Å². The van der Waals surface area contributed by atoms with E-state index in [9.17, 15) is 0 Å². The Bertz CT molecular complexity index is 282. The Kier molecular flexibility index (Phi) is 2.74. The van der Waals surface area contributed by atoms with E-state index in [2.05, 4.69) is 4.98 Å². The molecule has 0 aliphatic heterocycles. The average molecular weight is 194 g/mol. The summed E-state index contributed by atoms with van der Waals surface area (Å²) in [6.45, 7) is 0. The van der Waals surface area contributed by atoms with Crippen LogP contribution in [0, 0.1) is 0 Å². The molecule has 3 heteroatoms. The van der Waals surface area contributed by atoms with E-state index in [1.807, 2.05) is 24.0 Å². The van der Waals surface area contributed by atoms with Gasteiger partial charge in [-0.2, -0.15) is 0 Å². The van der Waals surface area contributed by atoms with Crippen LogP contribution < -0.4 is 5.73 Å². The van der Waals surface area contributed by atoms with Gasteiger partial charge in [-0.05, 0) is 18.9 Å². The molecule has 0 unspecified atom stereocenters. The van der Waals surface area contributed by atoms with Gasteiger partial charge in [0.25, 0.3) is 0 Å². The van der Waals surface area contributed by atoms with Crippen LogP contribution >= 0.6 is 11.8 Å². The molecule has 1 saturated carbocycles. The minimum Gasteiger partial charge on any atom is -0.397 e. The molecule has 2 N–H and O–H groups in total. The van der Waals surface area contributed by atoms with Gasteiger partial charge in [-0.25, -0.2) is 0 Å². The van der Waals surface area contributed by atoms with Gasteiger partial charge in [0, 0.05) is 16.3 Å². The molecule has 2 nitrogen and oxygen atoms in total. The largest absolute Gasteiger partial charge is 0.397 e. The molecular weight excluding hydrogens is 180 g/mol. The van der Waals surface area contributed by atoms with Gasteiger partial charge in [-0.15, -0.1) is 11.8 Å². The number of aromatic nitrogens is 1. The van der Waals surface area contributed by atoms with Crippen molar-refractivity contribution in [1.82, 2.24) is 4.98 Å². The minimum atomic E-state index is 0.782. The highest BCUT2D eigenvalue weighted by Gasteiger charge is 2.16. The SMILES string of the molecule is Nc1cnccc1SC1CCCC1. The van der Waals surface area contributed by atoms with Crippen molar-refractivity contribution in [2.45, 2.75) is 35.8 Å².